The summed E-state index contributed by atoms with van der Waals surface area (Å²) in [7, 11) is 0. The van der Waals surface area contributed by atoms with Gasteiger partial charge in [-0.05, 0) is 49.3 Å². The van der Waals surface area contributed by atoms with Crippen LogP contribution >= 0.6 is 15.9 Å². The number of ether oxygens (including phenoxy) is 1. The fourth-order valence-corrected chi connectivity index (χ4v) is 3.69. The second-order valence-corrected chi connectivity index (χ2v) is 6.72. The summed E-state index contributed by atoms with van der Waals surface area (Å²) in [6, 6.07) is 6.30. The largest absolute Gasteiger partial charge is 0.378 e. The van der Waals surface area contributed by atoms with Crippen LogP contribution in [0.2, 0.25) is 0 Å². The van der Waals surface area contributed by atoms with Gasteiger partial charge in [0.25, 0.3) is 5.91 Å². The van der Waals surface area contributed by atoms with Crippen LogP contribution < -0.4 is 5.32 Å². The zero-order valence-corrected chi connectivity index (χ0v) is 13.1. The van der Waals surface area contributed by atoms with E-state index in [-0.39, 0.29) is 10.7 Å². The van der Waals surface area contributed by atoms with E-state index >= 15 is 0 Å². The van der Waals surface area contributed by atoms with Crippen molar-refractivity contribution >= 4 is 21.8 Å². The number of amides is 1. The molecule has 0 bridgehead atoms. The number of carbonyl (C=O) groups excluding carboxylic acids is 1. The van der Waals surface area contributed by atoms with Gasteiger partial charge in [0.15, 0.2) is 0 Å². The number of benzene rings is 1. The molecule has 2 heterocycles. The number of hydrogen-bond acceptors (Lipinski definition) is 2. The predicted molar refractivity (Wildman–Crippen MR) is 82.4 cm³/mol. The Balaban J connectivity index is 1.78. The molecule has 3 nitrogen and oxygen atoms in total. The van der Waals surface area contributed by atoms with Crippen LogP contribution in [0, 0.1) is 0 Å². The highest BCUT2D eigenvalue weighted by Crippen LogP contribution is 2.33. The Bertz CT molecular complexity index is 497. The number of nitrogens with one attached hydrogen (secondary N) is 1. The topological polar surface area (TPSA) is 38.3 Å². The molecule has 2 atom stereocenters. The van der Waals surface area contributed by atoms with E-state index in [4.69, 9.17) is 4.74 Å². The van der Waals surface area contributed by atoms with Gasteiger partial charge in [-0.15, -0.1) is 0 Å². The molecule has 1 amide bonds. The third-order valence-electron chi connectivity index (χ3n) is 4.14. The Labute approximate surface area is 128 Å². The standard InChI is InChI=1S/C16H20BrNO2/c17-15(10-13-4-2-8-20-13)12-6-5-11-3-1-7-18-16(19)14(11)9-12/h5-6,9,13,15H,1-4,7-8,10H2,(H,18,19). The summed E-state index contributed by atoms with van der Waals surface area (Å²) < 4.78 is 5.69. The molecule has 108 valence electrons. The smallest absolute Gasteiger partial charge is 0.251 e. The lowest BCUT2D eigenvalue weighted by atomic mass is 9.97. The van der Waals surface area contributed by atoms with E-state index < -0.39 is 0 Å². The molecule has 0 spiro atoms. The number of alkyl halides is 1. The quantitative estimate of drug-likeness (QED) is 0.859. The van der Waals surface area contributed by atoms with Crippen LogP contribution in [0.4, 0.5) is 0 Å². The summed E-state index contributed by atoms with van der Waals surface area (Å²) in [6.07, 6.45) is 5.64. The highest BCUT2D eigenvalue weighted by atomic mass is 79.9. The third kappa shape index (κ3) is 3.07. The van der Waals surface area contributed by atoms with Crippen molar-refractivity contribution in [2.45, 2.75) is 43.0 Å². The Morgan fingerprint density at radius 3 is 3.10 bits per heavy atom. The van der Waals surface area contributed by atoms with Gasteiger partial charge in [0, 0.05) is 23.5 Å². The first-order chi connectivity index (χ1) is 9.74. The van der Waals surface area contributed by atoms with E-state index in [1.165, 1.54) is 11.1 Å². The minimum absolute atomic E-state index is 0.0659. The van der Waals surface area contributed by atoms with Crippen molar-refractivity contribution in [3.63, 3.8) is 0 Å². The molecule has 0 aromatic heterocycles. The van der Waals surface area contributed by atoms with E-state index in [9.17, 15) is 4.79 Å². The molecule has 0 aliphatic carbocycles. The average Bonchev–Trinajstić information content (AvgIpc) is 2.89. The summed E-state index contributed by atoms with van der Waals surface area (Å²) in [5.74, 6) is 0.0659. The van der Waals surface area contributed by atoms with Crippen molar-refractivity contribution < 1.29 is 9.53 Å². The van der Waals surface area contributed by atoms with Gasteiger partial charge in [-0.1, -0.05) is 28.1 Å². The van der Waals surface area contributed by atoms with Crippen molar-refractivity contribution in [3.8, 4) is 0 Å². The fourth-order valence-electron chi connectivity index (χ4n) is 2.99. The van der Waals surface area contributed by atoms with Gasteiger partial charge in [0.1, 0.15) is 0 Å². The monoisotopic (exact) mass is 337 g/mol. The van der Waals surface area contributed by atoms with Gasteiger partial charge in [-0.25, -0.2) is 0 Å². The molecule has 1 N–H and O–H groups in total. The molecular formula is C16H20BrNO2. The van der Waals surface area contributed by atoms with Gasteiger partial charge < -0.3 is 10.1 Å². The van der Waals surface area contributed by atoms with Gasteiger partial charge in [-0.2, -0.15) is 0 Å². The molecule has 1 aromatic rings. The lowest BCUT2D eigenvalue weighted by Gasteiger charge is -2.16. The van der Waals surface area contributed by atoms with Crippen LogP contribution in [0.15, 0.2) is 18.2 Å². The Morgan fingerprint density at radius 1 is 1.40 bits per heavy atom. The predicted octanol–water partition coefficient (Wildman–Crippen LogP) is 3.37. The van der Waals surface area contributed by atoms with Crippen molar-refractivity contribution in [2.24, 2.45) is 0 Å². The number of rotatable bonds is 3. The molecular weight excluding hydrogens is 318 g/mol. The summed E-state index contributed by atoms with van der Waals surface area (Å²) in [5, 5.41) is 2.96. The molecule has 20 heavy (non-hydrogen) atoms. The van der Waals surface area contributed by atoms with Crippen LogP contribution in [0.3, 0.4) is 0 Å². The number of aryl methyl sites for hydroxylation is 1. The number of hydrogen-bond donors (Lipinski definition) is 1. The summed E-state index contributed by atoms with van der Waals surface area (Å²) in [4.78, 5) is 12.3. The van der Waals surface area contributed by atoms with Gasteiger partial charge in [-0.3, -0.25) is 4.79 Å². The number of fused-ring (bicyclic) bond motifs is 1. The molecule has 0 saturated carbocycles. The van der Waals surface area contributed by atoms with E-state index in [0.29, 0.717) is 6.10 Å². The lowest BCUT2D eigenvalue weighted by molar-refractivity contribution is 0.0956. The maximum atomic E-state index is 12.1. The Morgan fingerprint density at radius 2 is 2.30 bits per heavy atom. The zero-order valence-electron chi connectivity index (χ0n) is 11.5. The van der Waals surface area contributed by atoms with Crippen LogP contribution in [0.5, 0.6) is 0 Å². The first-order valence-corrected chi connectivity index (χ1v) is 8.32. The van der Waals surface area contributed by atoms with Crippen molar-refractivity contribution in [2.75, 3.05) is 13.2 Å². The van der Waals surface area contributed by atoms with E-state index in [0.717, 1.165) is 50.8 Å². The highest BCUT2D eigenvalue weighted by Gasteiger charge is 2.22. The summed E-state index contributed by atoms with van der Waals surface area (Å²) in [5.41, 5.74) is 3.19. The average molecular weight is 338 g/mol. The summed E-state index contributed by atoms with van der Waals surface area (Å²) in [6.45, 7) is 1.66. The fraction of sp³-hybridized carbons (Fsp3) is 0.562. The molecule has 1 saturated heterocycles. The van der Waals surface area contributed by atoms with Crippen LogP contribution in [-0.2, 0) is 11.2 Å². The van der Waals surface area contributed by atoms with Crippen LogP contribution in [0.1, 0.15) is 52.0 Å². The van der Waals surface area contributed by atoms with Crippen molar-refractivity contribution in [1.29, 1.82) is 0 Å². The maximum absolute atomic E-state index is 12.1. The Hall–Kier alpha value is -0.870. The molecule has 3 rings (SSSR count). The lowest BCUT2D eigenvalue weighted by Crippen LogP contribution is -2.22. The Kier molecular flexibility index (Phi) is 4.41. The number of carbonyl (C=O) groups is 1. The zero-order chi connectivity index (χ0) is 13.9. The van der Waals surface area contributed by atoms with Crippen LogP contribution in [0.25, 0.3) is 0 Å². The molecule has 1 aromatic carbocycles. The maximum Gasteiger partial charge on any atom is 0.251 e. The van der Waals surface area contributed by atoms with E-state index in [1.807, 2.05) is 6.07 Å². The van der Waals surface area contributed by atoms with Crippen LogP contribution in [-0.4, -0.2) is 25.2 Å². The molecule has 4 heteroatoms. The minimum atomic E-state index is 0.0659. The molecule has 2 unspecified atom stereocenters. The second kappa shape index (κ2) is 6.27. The van der Waals surface area contributed by atoms with Crippen molar-refractivity contribution in [3.05, 3.63) is 34.9 Å². The molecule has 0 radical (unpaired) electrons. The summed E-state index contributed by atoms with van der Waals surface area (Å²) >= 11 is 3.75. The van der Waals surface area contributed by atoms with Gasteiger partial charge in [0.05, 0.1) is 6.10 Å². The molecule has 2 aliphatic rings. The first kappa shape index (κ1) is 14.1. The number of halogens is 1. The van der Waals surface area contributed by atoms with Crippen molar-refractivity contribution in [1.82, 2.24) is 5.32 Å². The van der Waals surface area contributed by atoms with E-state index in [1.54, 1.807) is 0 Å². The third-order valence-corrected chi connectivity index (χ3v) is 5.04. The first-order valence-electron chi connectivity index (χ1n) is 7.41. The van der Waals surface area contributed by atoms with Gasteiger partial charge >= 0.3 is 0 Å². The molecule has 2 aliphatic heterocycles. The SMILES string of the molecule is O=C1NCCCc2ccc(C(Br)CC3CCCO3)cc21. The highest BCUT2D eigenvalue weighted by molar-refractivity contribution is 9.09. The van der Waals surface area contributed by atoms with E-state index in [2.05, 4.69) is 33.4 Å². The molecule has 1 fully saturated rings. The minimum Gasteiger partial charge on any atom is -0.378 e. The van der Waals surface area contributed by atoms with Gasteiger partial charge in [0.2, 0.25) is 0 Å². The second-order valence-electron chi connectivity index (χ2n) is 5.61. The normalized spacial score (nSPS) is 23.9.